The molecule has 104 valence electrons. The molecule has 1 heterocycles. The minimum absolute atomic E-state index is 0.625. The highest BCUT2D eigenvalue weighted by Gasteiger charge is 2.29. The Labute approximate surface area is 126 Å². The summed E-state index contributed by atoms with van der Waals surface area (Å²) >= 11 is 2.04. The number of rotatable bonds is 3. The largest absolute Gasteiger partial charge is 0.306 e. The van der Waals surface area contributed by atoms with Crippen LogP contribution in [-0.4, -0.2) is 30.3 Å². The van der Waals surface area contributed by atoms with E-state index in [1.807, 2.05) is 11.8 Å². The lowest BCUT2D eigenvalue weighted by Crippen LogP contribution is -2.38. The second-order valence-corrected chi connectivity index (χ2v) is 6.85. The molecule has 2 aromatic rings. The molecule has 0 N–H and O–H groups in total. The van der Waals surface area contributed by atoms with Crippen LogP contribution in [0.3, 0.4) is 0 Å². The molecule has 0 amide bonds. The maximum atomic E-state index is 2.46. The first-order chi connectivity index (χ1) is 9.83. The fraction of sp³-hybridized carbons (Fsp3) is 0.333. The van der Waals surface area contributed by atoms with Gasteiger partial charge in [-0.15, -0.1) is 11.8 Å². The van der Waals surface area contributed by atoms with Gasteiger partial charge in [0.25, 0.3) is 0 Å². The van der Waals surface area contributed by atoms with Crippen molar-refractivity contribution in [2.75, 3.05) is 20.1 Å². The van der Waals surface area contributed by atoms with Crippen molar-refractivity contribution in [2.45, 2.75) is 22.5 Å². The maximum absolute atomic E-state index is 2.46. The van der Waals surface area contributed by atoms with E-state index in [4.69, 9.17) is 0 Å². The summed E-state index contributed by atoms with van der Waals surface area (Å²) in [5, 5.41) is 0.677. The van der Waals surface area contributed by atoms with Crippen LogP contribution in [0.4, 0.5) is 0 Å². The number of benzene rings is 2. The van der Waals surface area contributed by atoms with Crippen LogP contribution >= 0.6 is 11.8 Å². The first-order valence-electron chi connectivity index (χ1n) is 7.28. The van der Waals surface area contributed by atoms with Crippen molar-refractivity contribution in [1.29, 1.82) is 0 Å². The van der Waals surface area contributed by atoms with Crippen molar-refractivity contribution in [2.24, 2.45) is 0 Å². The summed E-state index contributed by atoms with van der Waals surface area (Å²) in [6.07, 6.45) is 1.26. The molecule has 1 fully saturated rings. The van der Waals surface area contributed by atoms with Crippen LogP contribution in [0.5, 0.6) is 0 Å². The van der Waals surface area contributed by atoms with Crippen LogP contribution in [0.2, 0.25) is 0 Å². The molecule has 2 atom stereocenters. The molecule has 0 spiro atoms. The summed E-state index contributed by atoms with van der Waals surface area (Å²) in [6, 6.07) is 21.8. The Morgan fingerprint density at radius 1 is 0.950 bits per heavy atom. The van der Waals surface area contributed by atoms with Gasteiger partial charge in [0, 0.05) is 22.6 Å². The highest BCUT2D eigenvalue weighted by Crippen LogP contribution is 2.38. The van der Waals surface area contributed by atoms with E-state index in [2.05, 4.69) is 72.6 Å². The zero-order valence-corrected chi connectivity index (χ0v) is 12.7. The van der Waals surface area contributed by atoms with E-state index in [1.54, 1.807) is 0 Å². The van der Waals surface area contributed by atoms with Crippen LogP contribution < -0.4 is 0 Å². The van der Waals surface area contributed by atoms with Gasteiger partial charge in [0.2, 0.25) is 0 Å². The Kier molecular flexibility index (Phi) is 4.44. The van der Waals surface area contributed by atoms with Gasteiger partial charge in [0.1, 0.15) is 0 Å². The zero-order chi connectivity index (χ0) is 13.8. The molecule has 2 aromatic carbocycles. The van der Waals surface area contributed by atoms with Gasteiger partial charge in [-0.3, -0.25) is 0 Å². The van der Waals surface area contributed by atoms with Crippen LogP contribution in [0, 0.1) is 0 Å². The fourth-order valence-electron chi connectivity index (χ4n) is 2.93. The van der Waals surface area contributed by atoms with Gasteiger partial charge in [0.15, 0.2) is 0 Å². The SMILES string of the molecule is CN1CC[C@@H](Sc2ccccc2)[C@@H](c2ccccc2)C1. The molecule has 0 radical (unpaired) electrons. The summed E-state index contributed by atoms with van der Waals surface area (Å²) in [5.74, 6) is 0.625. The Morgan fingerprint density at radius 2 is 1.60 bits per heavy atom. The van der Waals surface area contributed by atoms with Crippen LogP contribution in [-0.2, 0) is 0 Å². The first kappa shape index (κ1) is 13.7. The summed E-state index contributed by atoms with van der Waals surface area (Å²) in [5.41, 5.74) is 1.48. The van der Waals surface area contributed by atoms with E-state index in [-0.39, 0.29) is 0 Å². The highest BCUT2D eigenvalue weighted by molar-refractivity contribution is 8.00. The molecule has 1 aliphatic rings. The molecular formula is C18H21NS. The zero-order valence-electron chi connectivity index (χ0n) is 11.9. The van der Waals surface area contributed by atoms with Crippen LogP contribution in [0.25, 0.3) is 0 Å². The second kappa shape index (κ2) is 6.47. The quantitative estimate of drug-likeness (QED) is 0.827. The molecular weight excluding hydrogens is 262 g/mol. The third-order valence-corrected chi connectivity index (χ3v) is 5.42. The van der Waals surface area contributed by atoms with Crippen LogP contribution in [0.15, 0.2) is 65.6 Å². The van der Waals surface area contributed by atoms with E-state index < -0.39 is 0 Å². The van der Waals surface area contributed by atoms with Gasteiger partial charge in [-0.25, -0.2) is 0 Å². The molecule has 0 aromatic heterocycles. The van der Waals surface area contributed by atoms with E-state index in [9.17, 15) is 0 Å². The molecule has 0 aliphatic carbocycles. The monoisotopic (exact) mass is 283 g/mol. The van der Waals surface area contributed by atoms with Gasteiger partial charge >= 0.3 is 0 Å². The van der Waals surface area contributed by atoms with Crippen LogP contribution in [0.1, 0.15) is 17.9 Å². The Bertz CT molecular complexity index is 526. The average molecular weight is 283 g/mol. The number of piperidine rings is 1. The van der Waals surface area contributed by atoms with E-state index in [1.165, 1.54) is 23.4 Å². The number of likely N-dealkylation sites (tertiary alicyclic amines) is 1. The third-order valence-electron chi connectivity index (χ3n) is 4.01. The van der Waals surface area contributed by atoms with Gasteiger partial charge in [-0.05, 0) is 37.7 Å². The molecule has 0 bridgehead atoms. The predicted octanol–water partition coefficient (Wildman–Crippen LogP) is 4.27. The Balaban J connectivity index is 1.80. The minimum Gasteiger partial charge on any atom is -0.306 e. The first-order valence-corrected chi connectivity index (χ1v) is 8.16. The van der Waals surface area contributed by atoms with E-state index in [0.29, 0.717) is 11.2 Å². The number of hydrogen-bond acceptors (Lipinski definition) is 2. The number of hydrogen-bond donors (Lipinski definition) is 0. The smallest absolute Gasteiger partial charge is 0.0187 e. The van der Waals surface area contributed by atoms with E-state index >= 15 is 0 Å². The fourth-order valence-corrected chi connectivity index (χ4v) is 4.22. The minimum atomic E-state index is 0.625. The standard InChI is InChI=1S/C18H21NS/c1-19-13-12-18(20-16-10-6-3-7-11-16)17(14-19)15-8-4-2-5-9-15/h2-11,17-18H,12-14H2,1H3/t17-,18-/m1/s1. The second-order valence-electron chi connectivity index (χ2n) is 5.54. The van der Waals surface area contributed by atoms with Gasteiger partial charge in [-0.1, -0.05) is 48.5 Å². The molecule has 2 heteroatoms. The van der Waals surface area contributed by atoms with Crippen molar-refractivity contribution in [1.82, 2.24) is 4.90 Å². The van der Waals surface area contributed by atoms with Crippen molar-refractivity contribution in [3.8, 4) is 0 Å². The maximum Gasteiger partial charge on any atom is 0.0187 e. The lowest BCUT2D eigenvalue weighted by Gasteiger charge is -2.36. The Morgan fingerprint density at radius 3 is 2.30 bits per heavy atom. The van der Waals surface area contributed by atoms with Gasteiger partial charge in [0.05, 0.1) is 0 Å². The third kappa shape index (κ3) is 3.25. The Hall–Kier alpha value is -1.25. The van der Waals surface area contributed by atoms with E-state index in [0.717, 1.165) is 6.54 Å². The lowest BCUT2D eigenvalue weighted by atomic mass is 9.90. The lowest BCUT2D eigenvalue weighted by molar-refractivity contribution is 0.256. The van der Waals surface area contributed by atoms with Crippen molar-refractivity contribution >= 4 is 11.8 Å². The summed E-state index contributed by atoms with van der Waals surface area (Å²) in [4.78, 5) is 3.85. The molecule has 1 nitrogen and oxygen atoms in total. The normalized spacial score (nSPS) is 23.6. The molecule has 0 saturated carbocycles. The number of nitrogens with zero attached hydrogens (tertiary/aromatic N) is 1. The van der Waals surface area contributed by atoms with Crippen molar-refractivity contribution in [3.63, 3.8) is 0 Å². The highest BCUT2D eigenvalue weighted by atomic mass is 32.2. The molecule has 20 heavy (non-hydrogen) atoms. The molecule has 1 aliphatic heterocycles. The topological polar surface area (TPSA) is 3.24 Å². The molecule has 0 unspecified atom stereocenters. The summed E-state index contributed by atoms with van der Waals surface area (Å²) < 4.78 is 0. The summed E-state index contributed by atoms with van der Waals surface area (Å²) in [7, 11) is 2.24. The predicted molar refractivity (Wildman–Crippen MR) is 87.4 cm³/mol. The molecule has 3 rings (SSSR count). The number of thioether (sulfide) groups is 1. The average Bonchev–Trinajstić information content (AvgIpc) is 2.51. The number of likely N-dealkylation sites (N-methyl/N-ethyl adjacent to an activating group) is 1. The van der Waals surface area contributed by atoms with Gasteiger partial charge in [-0.2, -0.15) is 0 Å². The van der Waals surface area contributed by atoms with Crippen molar-refractivity contribution in [3.05, 3.63) is 66.2 Å². The van der Waals surface area contributed by atoms with Gasteiger partial charge < -0.3 is 4.90 Å². The molecule has 1 saturated heterocycles. The summed E-state index contributed by atoms with van der Waals surface area (Å²) in [6.45, 7) is 2.36. The van der Waals surface area contributed by atoms with Crippen molar-refractivity contribution < 1.29 is 0 Å².